The summed E-state index contributed by atoms with van der Waals surface area (Å²) < 4.78 is 5.40. The molecule has 0 radical (unpaired) electrons. The van der Waals surface area contributed by atoms with E-state index in [1.807, 2.05) is 43.3 Å². The van der Waals surface area contributed by atoms with Gasteiger partial charge in [-0.3, -0.25) is 0 Å². The van der Waals surface area contributed by atoms with Crippen LogP contribution in [0.15, 0.2) is 36.4 Å². The van der Waals surface area contributed by atoms with E-state index in [0.29, 0.717) is 18.2 Å². The lowest BCUT2D eigenvalue weighted by atomic mass is 9.95. The zero-order chi connectivity index (χ0) is 13.4. The Labute approximate surface area is 117 Å². The van der Waals surface area contributed by atoms with Crippen molar-refractivity contribution >= 4 is 11.6 Å². The fraction of sp³-hybridized carbons (Fsp3) is 0.250. The highest BCUT2D eigenvalue weighted by Gasteiger charge is 2.17. The van der Waals surface area contributed by atoms with Crippen LogP contribution in [0.3, 0.4) is 0 Å². The molecule has 1 aliphatic heterocycles. The number of halogens is 1. The Morgan fingerprint density at radius 3 is 2.74 bits per heavy atom. The molecule has 2 aromatic rings. The normalized spacial score (nSPS) is 15.3. The van der Waals surface area contributed by atoms with Gasteiger partial charge in [0.2, 0.25) is 0 Å². The third kappa shape index (κ3) is 2.39. The van der Waals surface area contributed by atoms with Gasteiger partial charge in [0.1, 0.15) is 6.10 Å². The summed E-state index contributed by atoms with van der Waals surface area (Å²) in [5.74, 6) is 0. The van der Waals surface area contributed by atoms with Gasteiger partial charge in [-0.15, -0.1) is 0 Å². The van der Waals surface area contributed by atoms with Gasteiger partial charge in [-0.05, 0) is 46.9 Å². The van der Waals surface area contributed by atoms with Crippen LogP contribution in [0.1, 0.15) is 33.9 Å². The second-order valence-corrected chi connectivity index (χ2v) is 5.36. The van der Waals surface area contributed by atoms with Crippen LogP contribution in [-0.4, -0.2) is 5.11 Å². The van der Waals surface area contributed by atoms with Crippen molar-refractivity contribution in [3.63, 3.8) is 0 Å². The van der Waals surface area contributed by atoms with E-state index in [-0.39, 0.29) is 0 Å². The van der Waals surface area contributed by atoms with E-state index in [1.165, 1.54) is 5.56 Å². The van der Waals surface area contributed by atoms with Crippen molar-refractivity contribution in [1.82, 2.24) is 0 Å². The molecule has 0 saturated carbocycles. The molecule has 1 unspecified atom stereocenters. The Morgan fingerprint density at radius 2 is 1.89 bits per heavy atom. The first-order valence-electron chi connectivity index (χ1n) is 6.29. The van der Waals surface area contributed by atoms with E-state index < -0.39 is 6.10 Å². The van der Waals surface area contributed by atoms with Crippen LogP contribution in [0, 0.1) is 6.92 Å². The van der Waals surface area contributed by atoms with Crippen LogP contribution in [0.25, 0.3) is 0 Å². The number of hydrogen-bond donors (Lipinski definition) is 1. The molecule has 0 saturated heterocycles. The third-order valence-electron chi connectivity index (χ3n) is 3.60. The molecule has 0 aliphatic carbocycles. The molecule has 0 aromatic heterocycles. The molecule has 0 amide bonds. The molecule has 3 rings (SSSR count). The number of rotatable bonds is 2. The van der Waals surface area contributed by atoms with Crippen LogP contribution in [-0.2, 0) is 18.0 Å². The number of aryl methyl sites for hydroxylation is 1. The Morgan fingerprint density at radius 1 is 1.11 bits per heavy atom. The number of aliphatic hydroxyl groups is 1. The smallest absolute Gasteiger partial charge is 0.104 e. The molecule has 1 N–H and O–H groups in total. The number of hydrogen-bond acceptors (Lipinski definition) is 2. The quantitative estimate of drug-likeness (QED) is 0.903. The van der Waals surface area contributed by atoms with Gasteiger partial charge in [0.05, 0.1) is 13.2 Å². The summed E-state index contributed by atoms with van der Waals surface area (Å²) in [7, 11) is 0. The van der Waals surface area contributed by atoms with Gasteiger partial charge < -0.3 is 9.84 Å². The lowest BCUT2D eigenvalue weighted by Gasteiger charge is -2.15. The minimum atomic E-state index is -0.649. The molecule has 0 fully saturated rings. The lowest BCUT2D eigenvalue weighted by molar-refractivity contribution is 0.134. The molecule has 1 atom stereocenters. The zero-order valence-electron chi connectivity index (χ0n) is 10.7. The molecule has 2 aromatic carbocycles. The third-order valence-corrected chi connectivity index (χ3v) is 3.83. The summed E-state index contributed by atoms with van der Waals surface area (Å²) in [6.07, 6.45) is -0.649. The Bertz CT molecular complexity index is 622. The van der Waals surface area contributed by atoms with Crippen molar-refractivity contribution in [2.24, 2.45) is 0 Å². The van der Waals surface area contributed by atoms with E-state index in [2.05, 4.69) is 0 Å². The topological polar surface area (TPSA) is 29.5 Å². The van der Waals surface area contributed by atoms with Gasteiger partial charge in [-0.25, -0.2) is 0 Å². The first-order chi connectivity index (χ1) is 9.15. The predicted molar refractivity (Wildman–Crippen MR) is 75.2 cm³/mol. The second kappa shape index (κ2) is 4.97. The second-order valence-electron chi connectivity index (χ2n) is 4.92. The zero-order valence-corrected chi connectivity index (χ0v) is 11.4. The van der Waals surface area contributed by atoms with Gasteiger partial charge >= 0.3 is 0 Å². The molecule has 98 valence electrons. The molecule has 0 spiro atoms. The molecule has 1 aliphatic rings. The Hall–Kier alpha value is -1.35. The number of fused-ring (bicyclic) bond motifs is 1. The van der Waals surface area contributed by atoms with E-state index in [4.69, 9.17) is 16.3 Å². The van der Waals surface area contributed by atoms with Crippen LogP contribution < -0.4 is 0 Å². The molecule has 19 heavy (non-hydrogen) atoms. The predicted octanol–water partition coefficient (Wildman–Crippen LogP) is 3.76. The van der Waals surface area contributed by atoms with E-state index in [0.717, 1.165) is 22.3 Å². The van der Waals surface area contributed by atoms with Crippen LogP contribution >= 0.6 is 11.6 Å². The van der Waals surface area contributed by atoms with Gasteiger partial charge in [-0.1, -0.05) is 35.9 Å². The Kier molecular flexibility index (Phi) is 3.31. The molecule has 3 heteroatoms. The maximum Gasteiger partial charge on any atom is 0.104 e. The van der Waals surface area contributed by atoms with Crippen molar-refractivity contribution < 1.29 is 9.84 Å². The van der Waals surface area contributed by atoms with Gasteiger partial charge in [0.15, 0.2) is 0 Å². The fourth-order valence-corrected chi connectivity index (χ4v) is 2.63. The molecular formula is C16H15ClO2. The summed E-state index contributed by atoms with van der Waals surface area (Å²) >= 11 is 6.01. The highest BCUT2D eigenvalue weighted by atomic mass is 35.5. The van der Waals surface area contributed by atoms with Crippen molar-refractivity contribution in [3.05, 3.63) is 69.2 Å². The number of ether oxygens (including phenoxy) is 1. The van der Waals surface area contributed by atoms with E-state index >= 15 is 0 Å². The molecule has 2 nitrogen and oxygen atoms in total. The first-order valence-corrected chi connectivity index (χ1v) is 6.66. The minimum absolute atomic E-state index is 0.629. The molecule has 0 bridgehead atoms. The van der Waals surface area contributed by atoms with Gasteiger partial charge in [-0.2, -0.15) is 0 Å². The average molecular weight is 275 g/mol. The van der Waals surface area contributed by atoms with Crippen molar-refractivity contribution in [3.8, 4) is 0 Å². The van der Waals surface area contributed by atoms with E-state index in [9.17, 15) is 5.11 Å². The number of benzene rings is 2. The van der Waals surface area contributed by atoms with Gasteiger partial charge in [0.25, 0.3) is 0 Å². The summed E-state index contributed by atoms with van der Waals surface area (Å²) in [6, 6.07) is 11.6. The highest BCUT2D eigenvalue weighted by Crippen LogP contribution is 2.30. The molecule has 1 heterocycles. The van der Waals surface area contributed by atoms with Crippen LogP contribution in [0.5, 0.6) is 0 Å². The maximum atomic E-state index is 10.5. The molecular weight excluding hydrogens is 260 g/mol. The average Bonchev–Trinajstić information content (AvgIpc) is 2.88. The highest BCUT2D eigenvalue weighted by molar-refractivity contribution is 6.30. The van der Waals surface area contributed by atoms with Crippen LogP contribution in [0.2, 0.25) is 5.02 Å². The summed E-state index contributed by atoms with van der Waals surface area (Å²) in [5, 5.41) is 11.2. The standard InChI is InChI=1S/C16H15ClO2/c1-10-2-5-14(17)7-15(10)16(18)11-3-4-12-8-19-9-13(12)6-11/h2-7,16,18H,8-9H2,1H3. The SMILES string of the molecule is Cc1ccc(Cl)cc1C(O)c1ccc2c(c1)COC2. The first kappa shape index (κ1) is 12.7. The van der Waals surface area contributed by atoms with Crippen molar-refractivity contribution in [1.29, 1.82) is 0 Å². The lowest BCUT2D eigenvalue weighted by Crippen LogP contribution is -2.03. The largest absolute Gasteiger partial charge is 0.384 e. The fourth-order valence-electron chi connectivity index (χ4n) is 2.45. The summed E-state index contributed by atoms with van der Waals surface area (Å²) in [4.78, 5) is 0. The maximum absolute atomic E-state index is 10.5. The minimum Gasteiger partial charge on any atom is -0.384 e. The summed E-state index contributed by atoms with van der Waals surface area (Å²) in [5.41, 5.74) is 5.14. The summed E-state index contributed by atoms with van der Waals surface area (Å²) in [6.45, 7) is 3.28. The van der Waals surface area contributed by atoms with Crippen LogP contribution in [0.4, 0.5) is 0 Å². The van der Waals surface area contributed by atoms with E-state index in [1.54, 1.807) is 0 Å². The number of aliphatic hydroxyl groups excluding tert-OH is 1. The van der Waals surface area contributed by atoms with Crippen molar-refractivity contribution in [2.45, 2.75) is 26.2 Å². The van der Waals surface area contributed by atoms with Crippen molar-refractivity contribution in [2.75, 3.05) is 0 Å². The van der Waals surface area contributed by atoms with Gasteiger partial charge in [0, 0.05) is 5.02 Å². The monoisotopic (exact) mass is 274 g/mol. The Balaban J connectivity index is 1.99.